The maximum atomic E-state index is 12.3. The second-order valence-corrected chi connectivity index (χ2v) is 4.90. The van der Waals surface area contributed by atoms with Gasteiger partial charge in [0, 0.05) is 11.5 Å². The van der Waals surface area contributed by atoms with Gasteiger partial charge in [-0.3, -0.25) is 0 Å². The molecule has 0 saturated heterocycles. The SMILES string of the molecule is COc1cc(OC)cc(-c2cc3ccc(O)c(O)c3oc2=O)c1. The molecule has 1 heterocycles. The molecule has 0 atom stereocenters. The highest BCUT2D eigenvalue weighted by Crippen LogP contribution is 2.35. The Labute approximate surface area is 131 Å². The number of aromatic hydroxyl groups is 2. The number of ether oxygens (including phenoxy) is 2. The van der Waals surface area contributed by atoms with E-state index in [9.17, 15) is 15.0 Å². The topological polar surface area (TPSA) is 89.1 Å². The molecule has 1 aromatic heterocycles. The van der Waals surface area contributed by atoms with Gasteiger partial charge in [-0.2, -0.15) is 0 Å². The molecule has 118 valence electrons. The highest BCUT2D eigenvalue weighted by Gasteiger charge is 2.14. The molecular formula is C17H14O6. The first-order valence-corrected chi connectivity index (χ1v) is 6.75. The third-order valence-electron chi connectivity index (χ3n) is 3.52. The van der Waals surface area contributed by atoms with E-state index < -0.39 is 11.4 Å². The fourth-order valence-electron chi connectivity index (χ4n) is 2.32. The van der Waals surface area contributed by atoms with Crippen molar-refractivity contribution < 1.29 is 24.1 Å². The van der Waals surface area contributed by atoms with Crippen LogP contribution in [0.2, 0.25) is 0 Å². The van der Waals surface area contributed by atoms with Crippen molar-refractivity contribution in [2.24, 2.45) is 0 Å². The van der Waals surface area contributed by atoms with Crippen molar-refractivity contribution in [3.8, 4) is 34.1 Å². The van der Waals surface area contributed by atoms with E-state index in [4.69, 9.17) is 13.9 Å². The zero-order chi connectivity index (χ0) is 16.6. The van der Waals surface area contributed by atoms with Crippen LogP contribution in [-0.4, -0.2) is 24.4 Å². The molecule has 2 N–H and O–H groups in total. The summed E-state index contributed by atoms with van der Waals surface area (Å²) in [7, 11) is 3.03. The van der Waals surface area contributed by atoms with Gasteiger partial charge in [0.1, 0.15) is 11.5 Å². The third-order valence-corrected chi connectivity index (χ3v) is 3.52. The molecule has 0 aliphatic heterocycles. The van der Waals surface area contributed by atoms with Gasteiger partial charge in [-0.25, -0.2) is 4.79 Å². The average molecular weight is 314 g/mol. The maximum Gasteiger partial charge on any atom is 0.344 e. The molecule has 3 aromatic rings. The lowest BCUT2D eigenvalue weighted by Gasteiger charge is -2.09. The molecule has 6 nitrogen and oxygen atoms in total. The van der Waals surface area contributed by atoms with Gasteiger partial charge < -0.3 is 24.1 Å². The number of phenols is 2. The highest BCUT2D eigenvalue weighted by molar-refractivity contribution is 5.88. The Morgan fingerprint density at radius 3 is 2.22 bits per heavy atom. The number of phenolic OH excluding ortho intramolecular Hbond substituents is 2. The van der Waals surface area contributed by atoms with E-state index in [1.165, 1.54) is 20.3 Å². The van der Waals surface area contributed by atoms with Gasteiger partial charge in [0.2, 0.25) is 5.75 Å². The Kier molecular flexibility index (Phi) is 3.57. The van der Waals surface area contributed by atoms with Crippen molar-refractivity contribution in [3.05, 3.63) is 46.8 Å². The summed E-state index contributed by atoms with van der Waals surface area (Å²) in [6, 6.07) is 9.51. The minimum absolute atomic E-state index is 0.0615. The molecule has 3 rings (SSSR count). The fourth-order valence-corrected chi connectivity index (χ4v) is 2.32. The number of fused-ring (bicyclic) bond motifs is 1. The van der Waals surface area contributed by atoms with Crippen molar-refractivity contribution in [1.29, 1.82) is 0 Å². The third kappa shape index (κ3) is 2.55. The number of hydrogen-bond acceptors (Lipinski definition) is 6. The van der Waals surface area contributed by atoms with Crippen LogP contribution in [0.1, 0.15) is 0 Å². The van der Waals surface area contributed by atoms with Crippen LogP contribution in [0, 0.1) is 0 Å². The lowest BCUT2D eigenvalue weighted by Crippen LogP contribution is -2.03. The minimum Gasteiger partial charge on any atom is -0.504 e. The summed E-state index contributed by atoms with van der Waals surface area (Å²) in [5.74, 6) is 0.255. The lowest BCUT2D eigenvalue weighted by atomic mass is 10.0. The minimum atomic E-state index is -0.645. The van der Waals surface area contributed by atoms with E-state index in [1.54, 1.807) is 30.3 Å². The Balaban J connectivity index is 2.27. The van der Waals surface area contributed by atoms with E-state index in [0.717, 1.165) is 0 Å². The summed E-state index contributed by atoms with van der Waals surface area (Å²) in [5, 5.41) is 19.8. The van der Waals surface area contributed by atoms with Gasteiger partial charge in [0.15, 0.2) is 11.3 Å². The molecule has 0 radical (unpaired) electrons. The quantitative estimate of drug-likeness (QED) is 0.571. The fraction of sp³-hybridized carbons (Fsp3) is 0.118. The predicted molar refractivity (Wildman–Crippen MR) is 84.4 cm³/mol. The smallest absolute Gasteiger partial charge is 0.344 e. The zero-order valence-electron chi connectivity index (χ0n) is 12.5. The monoisotopic (exact) mass is 314 g/mol. The lowest BCUT2D eigenvalue weighted by molar-refractivity contribution is 0.394. The van der Waals surface area contributed by atoms with Crippen LogP contribution >= 0.6 is 0 Å². The molecule has 0 aliphatic rings. The predicted octanol–water partition coefficient (Wildman–Crippen LogP) is 2.89. The molecule has 0 saturated carbocycles. The van der Waals surface area contributed by atoms with Crippen LogP contribution in [-0.2, 0) is 0 Å². The van der Waals surface area contributed by atoms with E-state index >= 15 is 0 Å². The van der Waals surface area contributed by atoms with Crippen LogP contribution < -0.4 is 15.1 Å². The first kappa shape index (κ1) is 14.8. The number of hydrogen-bond donors (Lipinski definition) is 2. The standard InChI is InChI=1S/C17H14O6/c1-21-11-5-10(6-12(8-11)22-2)13-7-9-3-4-14(18)15(19)16(9)23-17(13)20/h3-8,18-19H,1-2H3. The van der Waals surface area contributed by atoms with Crippen molar-refractivity contribution in [2.45, 2.75) is 0 Å². The van der Waals surface area contributed by atoms with Crippen molar-refractivity contribution in [1.82, 2.24) is 0 Å². The highest BCUT2D eigenvalue weighted by atomic mass is 16.5. The second kappa shape index (κ2) is 5.57. The Morgan fingerprint density at radius 2 is 1.61 bits per heavy atom. The van der Waals surface area contributed by atoms with Gasteiger partial charge in [-0.05, 0) is 35.9 Å². The Morgan fingerprint density at radius 1 is 0.957 bits per heavy atom. The average Bonchev–Trinajstić information content (AvgIpc) is 2.57. The van der Waals surface area contributed by atoms with Crippen LogP contribution in [0.25, 0.3) is 22.1 Å². The number of methoxy groups -OCH3 is 2. The van der Waals surface area contributed by atoms with E-state index in [0.29, 0.717) is 28.0 Å². The summed E-state index contributed by atoms with van der Waals surface area (Å²) in [6.45, 7) is 0. The summed E-state index contributed by atoms with van der Waals surface area (Å²) in [6.07, 6.45) is 0. The zero-order valence-corrected chi connectivity index (χ0v) is 12.5. The Bertz CT molecular complexity index is 919. The second-order valence-electron chi connectivity index (χ2n) is 4.90. The van der Waals surface area contributed by atoms with Gasteiger partial charge >= 0.3 is 5.63 Å². The molecule has 6 heteroatoms. The van der Waals surface area contributed by atoms with Gasteiger partial charge in [0.05, 0.1) is 19.8 Å². The molecule has 23 heavy (non-hydrogen) atoms. The first-order valence-electron chi connectivity index (χ1n) is 6.75. The Hall–Kier alpha value is -3.15. The van der Waals surface area contributed by atoms with Crippen LogP contribution in [0.5, 0.6) is 23.0 Å². The van der Waals surface area contributed by atoms with Crippen LogP contribution in [0.3, 0.4) is 0 Å². The molecule has 0 fully saturated rings. The molecule has 0 amide bonds. The maximum absolute atomic E-state index is 12.3. The van der Waals surface area contributed by atoms with Crippen LogP contribution in [0.4, 0.5) is 0 Å². The molecule has 0 unspecified atom stereocenters. The molecular weight excluding hydrogens is 300 g/mol. The summed E-state index contributed by atoms with van der Waals surface area (Å²) in [5.41, 5.74) is 0.145. The summed E-state index contributed by atoms with van der Waals surface area (Å²) in [4.78, 5) is 12.3. The molecule has 2 aromatic carbocycles. The summed E-state index contributed by atoms with van der Waals surface area (Å²) >= 11 is 0. The summed E-state index contributed by atoms with van der Waals surface area (Å²) < 4.78 is 15.5. The van der Waals surface area contributed by atoms with Crippen molar-refractivity contribution in [3.63, 3.8) is 0 Å². The van der Waals surface area contributed by atoms with Crippen molar-refractivity contribution >= 4 is 11.0 Å². The van der Waals surface area contributed by atoms with E-state index in [1.807, 2.05) is 0 Å². The molecule has 0 spiro atoms. The first-order chi connectivity index (χ1) is 11.0. The van der Waals surface area contributed by atoms with E-state index in [-0.39, 0.29) is 11.3 Å². The number of benzene rings is 2. The van der Waals surface area contributed by atoms with Crippen LogP contribution in [0.15, 0.2) is 45.6 Å². The van der Waals surface area contributed by atoms with E-state index in [2.05, 4.69) is 0 Å². The normalized spacial score (nSPS) is 10.7. The largest absolute Gasteiger partial charge is 0.504 e. The molecule has 0 bridgehead atoms. The number of rotatable bonds is 3. The van der Waals surface area contributed by atoms with Gasteiger partial charge in [-0.1, -0.05) is 0 Å². The molecule has 0 aliphatic carbocycles. The van der Waals surface area contributed by atoms with Gasteiger partial charge in [0.25, 0.3) is 0 Å². The van der Waals surface area contributed by atoms with Crippen molar-refractivity contribution in [2.75, 3.05) is 14.2 Å². The van der Waals surface area contributed by atoms with Gasteiger partial charge in [-0.15, -0.1) is 0 Å².